The third-order valence-electron chi connectivity index (χ3n) is 1.99. The number of aromatic nitrogens is 2. The summed E-state index contributed by atoms with van der Waals surface area (Å²) in [6.07, 6.45) is 3.12. The molecular formula is C10H13ClN4. The predicted octanol–water partition coefficient (Wildman–Crippen LogP) is 2.12. The molecule has 80 valence electrons. The van der Waals surface area contributed by atoms with E-state index < -0.39 is 0 Å². The molecule has 0 saturated heterocycles. The van der Waals surface area contributed by atoms with Crippen LogP contribution in [0.4, 0.5) is 5.95 Å². The van der Waals surface area contributed by atoms with Gasteiger partial charge in [0.1, 0.15) is 0 Å². The van der Waals surface area contributed by atoms with Crippen LogP contribution >= 0.6 is 11.6 Å². The highest BCUT2D eigenvalue weighted by atomic mass is 35.5. The summed E-state index contributed by atoms with van der Waals surface area (Å²) >= 11 is 5.70. The highest BCUT2D eigenvalue weighted by Gasteiger charge is 2.10. The highest BCUT2D eigenvalue weighted by Crippen LogP contribution is 2.11. The minimum absolute atomic E-state index is 0.0378. The molecule has 0 aromatic carbocycles. The monoisotopic (exact) mass is 224 g/mol. The number of halogens is 1. The molecule has 0 aliphatic rings. The van der Waals surface area contributed by atoms with E-state index >= 15 is 0 Å². The largest absolute Gasteiger partial charge is 0.340 e. The van der Waals surface area contributed by atoms with E-state index in [9.17, 15) is 0 Å². The van der Waals surface area contributed by atoms with Crippen molar-refractivity contribution in [1.82, 2.24) is 9.97 Å². The van der Waals surface area contributed by atoms with Crippen LogP contribution in [0.2, 0.25) is 5.02 Å². The van der Waals surface area contributed by atoms with Gasteiger partial charge in [-0.1, -0.05) is 11.6 Å². The van der Waals surface area contributed by atoms with E-state index in [-0.39, 0.29) is 5.92 Å². The quantitative estimate of drug-likeness (QED) is 0.786. The first-order valence-corrected chi connectivity index (χ1v) is 5.17. The number of hydrogen-bond acceptors (Lipinski definition) is 4. The van der Waals surface area contributed by atoms with Crippen molar-refractivity contribution in [2.45, 2.75) is 13.8 Å². The van der Waals surface area contributed by atoms with Crippen molar-refractivity contribution in [3.05, 3.63) is 17.4 Å². The molecule has 0 amide bonds. The molecule has 0 aliphatic heterocycles. The molecule has 1 atom stereocenters. The summed E-state index contributed by atoms with van der Waals surface area (Å²) < 4.78 is 0. The Labute approximate surface area is 94.5 Å². The summed E-state index contributed by atoms with van der Waals surface area (Å²) in [5.74, 6) is 0.577. The molecule has 1 heterocycles. The van der Waals surface area contributed by atoms with Crippen molar-refractivity contribution in [3.8, 4) is 6.07 Å². The molecule has 0 saturated carbocycles. The van der Waals surface area contributed by atoms with Crippen molar-refractivity contribution in [1.29, 1.82) is 5.26 Å². The van der Waals surface area contributed by atoms with E-state index in [1.165, 1.54) is 0 Å². The van der Waals surface area contributed by atoms with Gasteiger partial charge in [0.15, 0.2) is 0 Å². The summed E-state index contributed by atoms with van der Waals surface area (Å²) in [5.41, 5.74) is 0. The lowest BCUT2D eigenvalue weighted by molar-refractivity contribution is 0.671. The second kappa shape index (κ2) is 5.52. The topological polar surface area (TPSA) is 52.8 Å². The third-order valence-corrected chi connectivity index (χ3v) is 2.18. The Morgan fingerprint density at radius 3 is 2.60 bits per heavy atom. The fourth-order valence-electron chi connectivity index (χ4n) is 1.19. The fourth-order valence-corrected chi connectivity index (χ4v) is 1.29. The summed E-state index contributed by atoms with van der Waals surface area (Å²) in [4.78, 5) is 10.2. The van der Waals surface area contributed by atoms with E-state index in [0.29, 0.717) is 17.5 Å². The number of nitrogens with zero attached hydrogens (tertiary/aromatic N) is 4. The van der Waals surface area contributed by atoms with Crippen LogP contribution in [0.15, 0.2) is 12.4 Å². The zero-order valence-corrected chi connectivity index (χ0v) is 9.57. The summed E-state index contributed by atoms with van der Waals surface area (Å²) in [6.45, 7) is 5.28. The maximum atomic E-state index is 8.73. The SMILES string of the molecule is CCN(C[C@H](C)C#N)c1ncc(Cl)cn1. The van der Waals surface area contributed by atoms with E-state index in [0.717, 1.165) is 6.54 Å². The van der Waals surface area contributed by atoms with Crippen LogP contribution in [0, 0.1) is 17.2 Å². The average Bonchev–Trinajstić information content (AvgIpc) is 2.27. The van der Waals surface area contributed by atoms with Crippen LogP contribution in [0.25, 0.3) is 0 Å². The van der Waals surface area contributed by atoms with Crippen molar-refractivity contribution in [3.63, 3.8) is 0 Å². The number of nitriles is 1. The molecular weight excluding hydrogens is 212 g/mol. The van der Waals surface area contributed by atoms with Crippen molar-refractivity contribution in [2.24, 2.45) is 5.92 Å². The zero-order valence-electron chi connectivity index (χ0n) is 8.81. The normalized spacial score (nSPS) is 11.9. The molecule has 1 aromatic rings. The summed E-state index contributed by atoms with van der Waals surface area (Å²) in [7, 11) is 0. The molecule has 0 unspecified atom stereocenters. The lowest BCUT2D eigenvalue weighted by atomic mass is 10.2. The highest BCUT2D eigenvalue weighted by molar-refractivity contribution is 6.30. The van der Waals surface area contributed by atoms with Gasteiger partial charge in [0.25, 0.3) is 0 Å². The Kier molecular flexibility index (Phi) is 4.32. The van der Waals surface area contributed by atoms with Crippen LogP contribution in [0.3, 0.4) is 0 Å². The average molecular weight is 225 g/mol. The fraction of sp³-hybridized carbons (Fsp3) is 0.500. The first-order chi connectivity index (χ1) is 7.17. The first-order valence-electron chi connectivity index (χ1n) is 4.79. The number of hydrogen-bond donors (Lipinski definition) is 0. The Morgan fingerprint density at radius 1 is 1.53 bits per heavy atom. The third kappa shape index (κ3) is 3.37. The van der Waals surface area contributed by atoms with Gasteiger partial charge in [0.05, 0.1) is 29.4 Å². The molecule has 0 N–H and O–H groups in total. The minimum Gasteiger partial charge on any atom is -0.340 e. The molecule has 0 aliphatic carbocycles. The van der Waals surface area contributed by atoms with Crippen molar-refractivity contribution < 1.29 is 0 Å². The molecule has 0 spiro atoms. The van der Waals surface area contributed by atoms with Crippen molar-refractivity contribution >= 4 is 17.5 Å². The van der Waals surface area contributed by atoms with Crippen LogP contribution in [-0.2, 0) is 0 Å². The maximum absolute atomic E-state index is 8.73. The summed E-state index contributed by atoms with van der Waals surface area (Å²) in [6, 6.07) is 2.19. The summed E-state index contributed by atoms with van der Waals surface area (Å²) in [5, 5.41) is 9.25. The molecule has 0 fully saturated rings. The van der Waals surface area contributed by atoms with E-state index in [4.69, 9.17) is 16.9 Å². The maximum Gasteiger partial charge on any atom is 0.225 e. The van der Waals surface area contributed by atoms with E-state index in [2.05, 4.69) is 16.0 Å². The molecule has 0 radical (unpaired) electrons. The van der Waals surface area contributed by atoms with E-state index in [1.807, 2.05) is 18.7 Å². The van der Waals surface area contributed by atoms with Gasteiger partial charge >= 0.3 is 0 Å². The second-order valence-corrected chi connectivity index (χ2v) is 3.71. The van der Waals surface area contributed by atoms with E-state index in [1.54, 1.807) is 12.4 Å². The zero-order chi connectivity index (χ0) is 11.3. The lowest BCUT2D eigenvalue weighted by Gasteiger charge is -2.21. The lowest BCUT2D eigenvalue weighted by Crippen LogP contribution is -2.29. The number of anilines is 1. The van der Waals surface area contributed by atoms with Gasteiger partial charge in [-0.15, -0.1) is 0 Å². The Balaban J connectivity index is 2.75. The molecule has 1 aromatic heterocycles. The molecule has 0 bridgehead atoms. The van der Waals surface area contributed by atoms with Gasteiger partial charge in [-0.25, -0.2) is 9.97 Å². The smallest absolute Gasteiger partial charge is 0.225 e. The Morgan fingerprint density at radius 2 is 2.13 bits per heavy atom. The van der Waals surface area contributed by atoms with Gasteiger partial charge in [-0.2, -0.15) is 5.26 Å². The van der Waals surface area contributed by atoms with Crippen LogP contribution in [0.1, 0.15) is 13.8 Å². The first kappa shape index (κ1) is 11.7. The van der Waals surface area contributed by atoms with Crippen LogP contribution < -0.4 is 4.90 Å². The molecule has 5 heteroatoms. The van der Waals surface area contributed by atoms with Gasteiger partial charge in [-0.3, -0.25) is 0 Å². The minimum atomic E-state index is -0.0378. The van der Waals surface area contributed by atoms with Gasteiger partial charge in [-0.05, 0) is 13.8 Å². The number of rotatable bonds is 4. The Hall–Kier alpha value is -1.34. The molecule has 4 nitrogen and oxygen atoms in total. The Bertz CT molecular complexity index is 343. The van der Waals surface area contributed by atoms with Crippen LogP contribution in [0.5, 0.6) is 0 Å². The second-order valence-electron chi connectivity index (χ2n) is 3.27. The molecule has 15 heavy (non-hydrogen) atoms. The van der Waals surface area contributed by atoms with Gasteiger partial charge < -0.3 is 4.90 Å². The van der Waals surface area contributed by atoms with Gasteiger partial charge in [0.2, 0.25) is 5.95 Å². The standard InChI is InChI=1S/C10H13ClN4/c1-3-15(7-8(2)4-12)10-13-5-9(11)6-14-10/h5-6,8H,3,7H2,1-2H3/t8-/m1/s1. The van der Waals surface area contributed by atoms with Gasteiger partial charge in [0, 0.05) is 13.1 Å². The van der Waals surface area contributed by atoms with Crippen LogP contribution in [-0.4, -0.2) is 23.1 Å². The molecule has 1 rings (SSSR count). The van der Waals surface area contributed by atoms with Crippen molar-refractivity contribution in [2.75, 3.05) is 18.0 Å². The predicted molar refractivity (Wildman–Crippen MR) is 59.7 cm³/mol.